The van der Waals surface area contributed by atoms with Crippen LogP contribution in [0.15, 0.2) is 55.6 Å². The predicted molar refractivity (Wildman–Crippen MR) is 76.8 cm³/mol. The van der Waals surface area contributed by atoms with Crippen LogP contribution in [-0.2, 0) is 0 Å². The number of benzene rings is 2. The molecule has 0 aliphatic rings. The van der Waals surface area contributed by atoms with Crippen molar-refractivity contribution in [2.24, 2.45) is 0 Å². The molecule has 0 heterocycles. The van der Waals surface area contributed by atoms with Gasteiger partial charge >= 0.3 is 0 Å². The Morgan fingerprint density at radius 2 is 1.59 bits per heavy atom. The van der Waals surface area contributed by atoms with Crippen LogP contribution < -0.4 is 0 Å². The van der Waals surface area contributed by atoms with E-state index in [2.05, 4.69) is 62.5 Å². The lowest BCUT2D eigenvalue weighted by Gasteiger charge is -2.08. The summed E-state index contributed by atoms with van der Waals surface area (Å²) in [7, 11) is 0. The van der Waals surface area contributed by atoms with Gasteiger partial charge in [-0.1, -0.05) is 67.3 Å². The second-order valence-electron chi connectivity index (χ2n) is 4.12. The fourth-order valence-corrected chi connectivity index (χ4v) is 1.86. The monoisotopic (exact) mass is 220 g/mol. The van der Waals surface area contributed by atoms with E-state index in [1.54, 1.807) is 0 Å². The average Bonchev–Trinajstić information content (AvgIpc) is 2.39. The molecule has 0 N–H and O–H groups in total. The van der Waals surface area contributed by atoms with E-state index in [-0.39, 0.29) is 0 Å². The molecule has 0 aliphatic heterocycles. The van der Waals surface area contributed by atoms with Gasteiger partial charge in [0.15, 0.2) is 0 Å². The molecule has 0 atom stereocenters. The van der Waals surface area contributed by atoms with Crippen LogP contribution in [0.4, 0.5) is 0 Å². The summed E-state index contributed by atoms with van der Waals surface area (Å²) in [5.41, 5.74) is 5.98. The largest absolute Gasteiger partial charge is 0.0985 e. The Morgan fingerprint density at radius 1 is 0.882 bits per heavy atom. The number of hydrogen-bond acceptors (Lipinski definition) is 0. The van der Waals surface area contributed by atoms with Gasteiger partial charge in [0.1, 0.15) is 0 Å². The molecule has 0 fully saturated rings. The van der Waals surface area contributed by atoms with E-state index >= 15 is 0 Å². The van der Waals surface area contributed by atoms with Crippen molar-refractivity contribution in [1.29, 1.82) is 0 Å². The molecule has 0 saturated heterocycles. The van der Waals surface area contributed by atoms with Gasteiger partial charge in [-0.25, -0.2) is 0 Å². The normalized spacial score (nSPS) is 9.94. The summed E-state index contributed by atoms with van der Waals surface area (Å²) in [5, 5.41) is 0. The lowest BCUT2D eigenvalue weighted by Crippen LogP contribution is -1.85. The maximum atomic E-state index is 3.86. The van der Waals surface area contributed by atoms with Crippen LogP contribution in [-0.4, -0.2) is 0 Å². The van der Waals surface area contributed by atoms with Crippen molar-refractivity contribution < 1.29 is 0 Å². The molecule has 0 heteroatoms. The molecule has 0 spiro atoms. The number of hydrogen-bond donors (Lipinski definition) is 0. The third-order valence-electron chi connectivity index (χ3n) is 2.90. The first-order chi connectivity index (χ1) is 8.24. The van der Waals surface area contributed by atoms with Gasteiger partial charge in [-0.3, -0.25) is 0 Å². The minimum absolute atomic E-state index is 1.13. The summed E-state index contributed by atoms with van der Waals surface area (Å²) in [6.07, 6.45) is 3.76. The Morgan fingerprint density at radius 3 is 2.18 bits per heavy atom. The van der Waals surface area contributed by atoms with Crippen LogP contribution in [0.1, 0.15) is 16.7 Å². The van der Waals surface area contributed by atoms with E-state index in [1.165, 1.54) is 16.7 Å². The first-order valence-electron chi connectivity index (χ1n) is 5.70. The van der Waals surface area contributed by atoms with Crippen molar-refractivity contribution >= 4 is 12.2 Å². The third kappa shape index (κ3) is 2.36. The molecular formula is C17H16. The maximum Gasteiger partial charge on any atom is -0.0106 e. The summed E-state index contributed by atoms with van der Waals surface area (Å²) in [6, 6.07) is 14.8. The quantitative estimate of drug-likeness (QED) is 0.686. The minimum Gasteiger partial charge on any atom is -0.0985 e. The SMILES string of the molecule is C=Cc1ccc(C=C)c(-c2ccc(C)cc2)c1. The molecule has 0 aliphatic carbocycles. The minimum atomic E-state index is 1.13. The molecule has 0 nitrogen and oxygen atoms in total. The molecular weight excluding hydrogens is 204 g/mol. The number of aryl methyl sites for hydroxylation is 1. The Labute approximate surface area is 103 Å². The molecule has 0 radical (unpaired) electrons. The Bertz CT molecular complexity index is 545. The van der Waals surface area contributed by atoms with Gasteiger partial charge in [0.25, 0.3) is 0 Å². The van der Waals surface area contributed by atoms with Crippen LogP contribution in [0.25, 0.3) is 23.3 Å². The van der Waals surface area contributed by atoms with E-state index < -0.39 is 0 Å². The highest BCUT2D eigenvalue weighted by atomic mass is 14.1. The molecule has 2 aromatic carbocycles. The van der Waals surface area contributed by atoms with Crippen molar-refractivity contribution in [2.45, 2.75) is 6.92 Å². The van der Waals surface area contributed by atoms with Gasteiger partial charge in [0.2, 0.25) is 0 Å². The molecule has 0 unspecified atom stereocenters. The molecule has 2 rings (SSSR count). The fraction of sp³-hybridized carbons (Fsp3) is 0.0588. The van der Waals surface area contributed by atoms with Crippen LogP contribution in [0, 0.1) is 6.92 Å². The molecule has 0 saturated carbocycles. The smallest absolute Gasteiger partial charge is 0.0106 e. The lowest BCUT2D eigenvalue weighted by atomic mass is 9.96. The maximum absolute atomic E-state index is 3.86. The van der Waals surface area contributed by atoms with Crippen molar-refractivity contribution in [3.05, 3.63) is 72.3 Å². The standard InChI is InChI=1S/C17H16/c1-4-14-8-11-15(5-2)17(12-14)16-9-6-13(3)7-10-16/h4-12H,1-2H2,3H3. The zero-order valence-corrected chi connectivity index (χ0v) is 10.1. The summed E-state index contributed by atoms with van der Waals surface area (Å²) in [5.74, 6) is 0. The van der Waals surface area contributed by atoms with Gasteiger partial charge in [0, 0.05) is 0 Å². The summed E-state index contributed by atoms with van der Waals surface area (Å²) < 4.78 is 0. The highest BCUT2D eigenvalue weighted by molar-refractivity contribution is 5.77. The first kappa shape index (κ1) is 11.4. The predicted octanol–water partition coefficient (Wildman–Crippen LogP) is 4.95. The van der Waals surface area contributed by atoms with E-state index in [1.807, 2.05) is 12.2 Å². The third-order valence-corrected chi connectivity index (χ3v) is 2.90. The van der Waals surface area contributed by atoms with Crippen molar-refractivity contribution in [3.8, 4) is 11.1 Å². The molecule has 17 heavy (non-hydrogen) atoms. The second-order valence-corrected chi connectivity index (χ2v) is 4.12. The van der Waals surface area contributed by atoms with Gasteiger partial charge < -0.3 is 0 Å². The Hall–Kier alpha value is -2.08. The molecule has 0 bridgehead atoms. The summed E-state index contributed by atoms with van der Waals surface area (Å²) >= 11 is 0. The highest BCUT2D eigenvalue weighted by Crippen LogP contribution is 2.26. The number of rotatable bonds is 3. The molecule has 2 aromatic rings. The molecule has 84 valence electrons. The van der Waals surface area contributed by atoms with Gasteiger partial charge in [-0.2, -0.15) is 0 Å². The molecule has 0 amide bonds. The van der Waals surface area contributed by atoms with Gasteiger partial charge in [-0.15, -0.1) is 0 Å². The lowest BCUT2D eigenvalue weighted by molar-refractivity contribution is 1.46. The zero-order valence-electron chi connectivity index (χ0n) is 10.1. The van der Waals surface area contributed by atoms with Gasteiger partial charge in [-0.05, 0) is 35.2 Å². The highest BCUT2D eigenvalue weighted by Gasteiger charge is 2.03. The van der Waals surface area contributed by atoms with Crippen molar-refractivity contribution in [1.82, 2.24) is 0 Å². The second kappa shape index (κ2) is 4.84. The van der Waals surface area contributed by atoms with Crippen LogP contribution >= 0.6 is 0 Å². The van der Waals surface area contributed by atoms with Crippen LogP contribution in [0.5, 0.6) is 0 Å². The fourth-order valence-electron chi connectivity index (χ4n) is 1.86. The zero-order chi connectivity index (χ0) is 12.3. The first-order valence-corrected chi connectivity index (χ1v) is 5.70. The summed E-state index contributed by atoms with van der Waals surface area (Å²) in [6.45, 7) is 9.77. The van der Waals surface area contributed by atoms with Crippen molar-refractivity contribution in [2.75, 3.05) is 0 Å². The van der Waals surface area contributed by atoms with E-state index in [4.69, 9.17) is 0 Å². The van der Waals surface area contributed by atoms with Crippen LogP contribution in [0.2, 0.25) is 0 Å². The summed E-state index contributed by atoms with van der Waals surface area (Å²) in [4.78, 5) is 0. The van der Waals surface area contributed by atoms with Crippen molar-refractivity contribution in [3.63, 3.8) is 0 Å². The van der Waals surface area contributed by atoms with E-state index in [9.17, 15) is 0 Å². The van der Waals surface area contributed by atoms with Gasteiger partial charge in [0.05, 0.1) is 0 Å². The Balaban J connectivity index is 2.59. The Kier molecular flexibility index (Phi) is 3.24. The topological polar surface area (TPSA) is 0 Å². The van der Waals surface area contributed by atoms with Crippen LogP contribution in [0.3, 0.4) is 0 Å². The van der Waals surface area contributed by atoms with E-state index in [0.29, 0.717) is 0 Å². The van der Waals surface area contributed by atoms with E-state index in [0.717, 1.165) is 11.1 Å². The average molecular weight is 220 g/mol. The molecule has 0 aromatic heterocycles.